The van der Waals surface area contributed by atoms with E-state index in [2.05, 4.69) is 9.97 Å². The lowest BCUT2D eigenvalue weighted by Gasteiger charge is -2.40. The van der Waals surface area contributed by atoms with Crippen LogP contribution in [-0.4, -0.2) is 31.0 Å². The Kier molecular flexibility index (Phi) is 6.23. The SMILES string of the molecule is CCC(=O)CC(C)(C)O.Cc1nc2ccc(C(F)(F)F)nc2n1C1(C)CCC1. The average molecular weight is 399 g/mol. The number of halogens is 3. The van der Waals surface area contributed by atoms with Crippen LogP contribution in [0.2, 0.25) is 0 Å². The summed E-state index contributed by atoms with van der Waals surface area (Å²) in [6.07, 6.45) is -0.631. The van der Waals surface area contributed by atoms with Crippen molar-refractivity contribution in [1.82, 2.24) is 14.5 Å². The summed E-state index contributed by atoms with van der Waals surface area (Å²) in [4.78, 5) is 18.8. The van der Waals surface area contributed by atoms with Crippen LogP contribution < -0.4 is 0 Å². The number of alkyl halides is 3. The van der Waals surface area contributed by atoms with Gasteiger partial charge in [-0.15, -0.1) is 0 Å². The molecule has 1 fully saturated rings. The van der Waals surface area contributed by atoms with E-state index in [0.717, 1.165) is 31.2 Å². The van der Waals surface area contributed by atoms with E-state index in [1.165, 1.54) is 6.07 Å². The smallest absolute Gasteiger partial charge is 0.390 e. The zero-order valence-electron chi connectivity index (χ0n) is 17.0. The van der Waals surface area contributed by atoms with Gasteiger partial charge in [-0.2, -0.15) is 13.2 Å². The first-order valence-electron chi connectivity index (χ1n) is 9.45. The van der Waals surface area contributed by atoms with Crippen molar-refractivity contribution in [3.05, 3.63) is 23.7 Å². The molecule has 0 atom stereocenters. The molecular weight excluding hydrogens is 371 g/mol. The van der Waals surface area contributed by atoms with Gasteiger partial charge in [0.1, 0.15) is 22.8 Å². The quantitative estimate of drug-likeness (QED) is 0.803. The molecule has 0 bridgehead atoms. The Labute approximate surface area is 163 Å². The zero-order chi connectivity index (χ0) is 21.3. The fourth-order valence-electron chi connectivity index (χ4n) is 3.39. The highest BCUT2D eigenvalue weighted by molar-refractivity contribution is 5.78. The summed E-state index contributed by atoms with van der Waals surface area (Å²) in [5.74, 6) is 0.839. The number of aryl methyl sites for hydroxylation is 1. The molecule has 0 unspecified atom stereocenters. The predicted molar refractivity (Wildman–Crippen MR) is 101 cm³/mol. The fourth-order valence-corrected chi connectivity index (χ4v) is 3.39. The van der Waals surface area contributed by atoms with Crippen molar-refractivity contribution in [3.8, 4) is 0 Å². The van der Waals surface area contributed by atoms with Crippen LogP contribution in [0.25, 0.3) is 11.2 Å². The Balaban J connectivity index is 0.000000266. The maximum atomic E-state index is 12.8. The molecule has 2 heterocycles. The van der Waals surface area contributed by atoms with Gasteiger partial charge in [-0.25, -0.2) is 9.97 Å². The van der Waals surface area contributed by atoms with Crippen LogP contribution in [-0.2, 0) is 16.5 Å². The first kappa shape index (κ1) is 22.3. The number of pyridine rings is 1. The molecule has 0 aliphatic heterocycles. The Hall–Kier alpha value is -1.96. The average Bonchev–Trinajstić information content (AvgIpc) is 2.86. The van der Waals surface area contributed by atoms with Crippen LogP contribution in [0.4, 0.5) is 13.2 Å². The molecule has 8 heteroatoms. The van der Waals surface area contributed by atoms with Crippen LogP contribution in [0.15, 0.2) is 12.1 Å². The Morgan fingerprint density at radius 2 is 1.86 bits per heavy atom. The Bertz CT molecular complexity index is 847. The molecule has 0 saturated heterocycles. The number of carbonyl (C=O) groups excluding carboxylic acids is 1. The van der Waals surface area contributed by atoms with Crippen molar-refractivity contribution in [2.24, 2.45) is 0 Å². The number of imidazole rings is 1. The number of ketones is 1. The van der Waals surface area contributed by atoms with E-state index in [0.29, 0.717) is 17.6 Å². The van der Waals surface area contributed by atoms with Crippen LogP contribution in [0.1, 0.15) is 71.3 Å². The van der Waals surface area contributed by atoms with E-state index < -0.39 is 17.5 Å². The summed E-state index contributed by atoms with van der Waals surface area (Å²) in [7, 11) is 0. The highest BCUT2D eigenvalue weighted by Crippen LogP contribution is 2.41. The molecule has 0 spiro atoms. The molecule has 2 aromatic rings. The second-order valence-corrected chi connectivity index (χ2v) is 8.26. The van der Waals surface area contributed by atoms with Gasteiger partial charge in [0.05, 0.1) is 5.60 Å². The van der Waals surface area contributed by atoms with Gasteiger partial charge in [0.25, 0.3) is 0 Å². The van der Waals surface area contributed by atoms with Gasteiger partial charge >= 0.3 is 6.18 Å². The second kappa shape index (κ2) is 7.81. The number of aromatic nitrogens is 3. The van der Waals surface area contributed by atoms with Gasteiger partial charge in [-0.3, -0.25) is 4.79 Å². The third kappa shape index (κ3) is 5.10. The summed E-state index contributed by atoms with van der Waals surface area (Å²) in [6, 6.07) is 2.39. The fraction of sp³-hybridized carbons (Fsp3) is 0.650. The lowest BCUT2D eigenvalue weighted by Crippen LogP contribution is -2.38. The van der Waals surface area contributed by atoms with Crippen molar-refractivity contribution in [2.75, 3.05) is 0 Å². The van der Waals surface area contributed by atoms with Crippen LogP contribution in [0.3, 0.4) is 0 Å². The van der Waals surface area contributed by atoms with Gasteiger partial charge < -0.3 is 9.67 Å². The number of Topliss-reactive ketones (excluding diaryl/α,β-unsaturated/α-hetero) is 1. The summed E-state index contributed by atoms with van der Waals surface area (Å²) < 4.78 is 40.1. The molecule has 0 radical (unpaired) electrons. The van der Waals surface area contributed by atoms with E-state index in [-0.39, 0.29) is 17.7 Å². The molecule has 156 valence electrons. The van der Waals surface area contributed by atoms with Crippen molar-refractivity contribution in [3.63, 3.8) is 0 Å². The van der Waals surface area contributed by atoms with Crippen LogP contribution >= 0.6 is 0 Å². The first-order valence-corrected chi connectivity index (χ1v) is 9.45. The lowest BCUT2D eigenvalue weighted by molar-refractivity contribution is -0.141. The molecule has 3 rings (SSSR count). The minimum atomic E-state index is -4.42. The second-order valence-electron chi connectivity index (χ2n) is 8.26. The normalized spacial score (nSPS) is 16.3. The topological polar surface area (TPSA) is 68.0 Å². The number of hydrogen-bond acceptors (Lipinski definition) is 4. The van der Waals surface area contributed by atoms with E-state index in [1.807, 2.05) is 18.4 Å². The number of carbonyl (C=O) groups is 1. The van der Waals surface area contributed by atoms with Crippen molar-refractivity contribution >= 4 is 16.9 Å². The molecular formula is C20H28F3N3O2. The van der Waals surface area contributed by atoms with Crippen molar-refractivity contribution in [1.29, 1.82) is 0 Å². The minimum Gasteiger partial charge on any atom is -0.390 e. The molecule has 2 aromatic heterocycles. The third-order valence-electron chi connectivity index (χ3n) is 4.96. The van der Waals surface area contributed by atoms with E-state index >= 15 is 0 Å². The summed E-state index contributed by atoms with van der Waals surface area (Å²) in [5, 5.41) is 9.10. The summed E-state index contributed by atoms with van der Waals surface area (Å²) in [5.41, 5.74) is -0.958. The largest absolute Gasteiger partial charge is 0.433 e. The van der Waals surface area contributed by atoms with Gasteiger partial charge in [-0.05, 0) is 59.1 Å². The summed E-state index contributed by atoms with van der Waals surface area (Å²) in [6.45, 7) is 8.94. The molecule has 0 amide bonds. The first-order chi connectivity index (χ1) is 12.8. The number of hydrogen-bond donors (Lipinski definition) is 1. The van der Waals surface area contributed by atoms with Gasteiger partial charge in [0.15, 0.2) is 5.65 Å². The molecule has 1 aliphatic rings. The maximum absolute atomic E-state index is 12.8. The van der Waals surface area contributed by atoms with Gasteiger partial charge in [0.2, 0.25) is 0 Å². The highest BCUT2D eigenvalue weighted by Gasteiger charge is 2.38. The Morgan fingerprint density at radius 1 is 1.25 bits per heavy atom. The number of nitrogens with zero attached hydrogens (tertiary/aromatic N) is 3. The van der Waals surface area contributed by atoms with E-state index in [9.17, 15) is 18.0 Å². The number of aliphatic hydroxyl groups is 1. The van der Waals surface area contributed by atoms with Crippen LogP contribution in [0.5, 0.6) is 0 Å². The van der Waals surface area contributed by atoms with Crippen molar-refractivity contribution in [2.45, 2.75) is 84.0 Å². The Morgan fingerprint density at radius 3 is 2.25 bits per heavy atom. The molecule has 1 N–H and O–H groups in total. The van der Waals surface area contributed by atoms with Crippen LogP contribution in [0, 0.1) is 6.92 Å². The zero-order valence-corrected chi connectivity index (χ0v) is 17.0. The molecule has 5 nitrogen and oxygen atoms in total. The summed E-state index contributed by atoms with van der Waals surface area (Å²) >= 11 is 0. The standard InChI is InChI=1S/C13H14F3N3.C7H14O2/c1-8-17-9-4-5-10(13(14,15)16)18-11(9)19(8)12(2)6-3-7-12;1-4-6(8)5-7(2,3)9/h4-5H,3,6-7H2,1-2H3;9H,4-5H2,1-3H3. The number of rotatable bonds is 4. The van der Waals surface area contributed by atoms with E-state index in [4.69, 9.17) is 5.11 Å². The molecule has 0 aromatic carbocycles. The monoisotopic (exact) mass is 399 g/mol. The van der Waals surface area contributed by atoms with Gasteiger partial charge in [0, 0.05) is 18.4 Å². The lowest BCUT2D eigenvalue weighted by atomic mass is 9.78. The van der Waals surface area contributed by atoms with Crippen molar-refractivity contribution < 1.29 is 23.1 Å². The highest BCUT2D eigenvalue weighted by atomic mass is 19.4. The molecule has 1 saturated carbocycles. The number of fused-ring (bicyclic) bond motifs is 1. The minimum absolute atomic E-state index is 0.113. The predicted octanol–water partition coefficient (Wildman–Crippen LogP) is 4.78. The van der Waals surface area contributed by atoms with Gasteiger partial charge in [-0.1, -0.05) is 6.92 Å². The maximum Gasteiger partial charge on any atom is 0.433 e. The molecule has 1 aliphatic carbocycles. The molecule has 28 heavy (non-hydrogen) atoms. The van der Waals surface area contributed by atoms with E-state index in [1.54, 1.807) is 20.8 Å². The third-order valence-corrected chi connectivity index (χ3v) is 4.96.